The van der Waals surface area contributed by atoms with Crippen molar-refractivity contribution in [1.82, 2.24) is 5.32 Å². The highest BCUT2D eigenvalue weighted by molar-refractivity contribution is 6.00. The van der Waals surface area contributed by atoms with Crippen molar-refractivity contribution in [2.24, 2.45) is 0 Å². The average molecular weight is 291 g/mol. The minimum atomic E-state index is -0.354. The lowest BCUT2D eigenvalue weighted by molar-refractivity contribution is 0.0951. The third-order valence-electron chi connectivity index (χ3n) is 4.18. The maximum Gasteiger partial charge on any atom is 0.253 e. The zero-order chi connectivity index (χ0) is 15.4. The number of hydrogen-bond acceptors (Lipinski definition) is 4. The van der Waals surface area contributed by atoms with E-state index in [1.54, 1.807) is 12.1 Å². The largest absolute Gasteiger partial charge is 0.399 e. The van der Waals surface area contributed by atoms with Crippen LogP contribution < -0.4 is 16.0 Å². The number of nitrogens with zero attached hydrogens (tertiary/aromatic N) is 1. The van der Waals surface area contributed by atoms with E-state index in [9.17, 15) is 9.90 Å². The molecule has 1 aliphatic carbocycles. The van der Waals surface area contributed by atoms with E-state index >= 15 is 0 Å². The van der Waals surface area contributed by atoms with Crippen LogP contribution in [0.3, 0.4) is 0 Å². The van der Waals surface area contributed by atoms with E-state index in [0.717, 1.165) is 31.4 Å². The first-order chi connectivity index (χ1) is 10.0. The van der Waals surface area contributed by atoms with Crippen LogP contribution in [-0.2, 0) is 0 Å². The van der Waals surface area contributed by atoms with Gasteiger partial charge in [0.15, 0.2) is 0 Å². The predicted octanol–water partition coefficient (Wildman–Crippen LogP) is 1.76. The van der Waals surface area contributed by atoms with Gasteiger partial charge in [-0.2, -0.15) is 0 Å². The van der Waals surface area contributed by atoms with Crippen molar-refractivity contribution in [2.75, 3.05) is 24.2 Å². The fourth-order valence-corrected chi connectivity index (χ4v) is 3.01. The monoisotopic (exact) mass is 291 g/mol. The van der Waals surface area contributed by atoms with Crippen molar-refractivity contribution in [3.05, 3.63) is 23.8 Å². The topological polar surface area (TPSA) is 78.6 Å². The minimum Gasteiger partial charge on any atom is -0.399 e. The van der Waals surface area contributed by atoms with Crippen LogP contribution in [-0.4, -0.2) is 36.8 Å². The molecule has 0 aromatic heterocycles. The highest BCUT2D eigenvalue weighted by Crippen LogP contribution is 2.30. The minimum absolute atomic E-state index is 0.0359. The van der Waals surface area contributed by atoms with Crippen molar-refractivity contribution in [2.45, 2.75) is 44.8 Å². The summed E-state index contributed by atoms with van der Waals surface area (Å²) in [6, 6.07) is 5.33. The van der Waals surface area contributed by atoms with Gasteiger partial charge in [0, 0.05) is 19.3 Å². The maximum atomic E-state index is 12.2. The predicted molar refractivity (Wildman–Crippen MR) is 85.5 cm³/mol. The number of amides is 1. The molecule has 1 aromatic rings. The van der Waals surface area contributed by atoms with Crippen molar-refractivity contribution in [3.8, 4) is 0 Å². The smallest absolute Gasteiger partial charge is 0.253 e. The van der Waals surface area contributed by atoms with Gasteiger partial charge in [0.05, 0.1) is 23.4 Å². The number of carbonyl (C=O) groups excluding carboxylic acids is 1. The molecule has 0 heterocycles. The fourth-order valence-electron chi connectivity index (χ4n) is 3.01. The van der Waals surface area contributed by atoms with Crippen LogP contribution in [0.2, 0.25) is 0 Å². The molecule has 116 valence electrons. The van der Waals surface area contributed by atoms with Crippen LogP contribution in [0, 0.1) is 0 Å². The van der Waals surface area contributed by atoms with E-state index in [-0.39, 0.29) is 18.1 Å². The van der Waals surface area contributed by atoms with E-state index in [1.165, 1.54) is 0 Å². The van der Waals surface area contributed by atoms with Crippen LogP contribution >= 0.6 is 0 Å². The molecule has 1 aromatic carbocycles. The van der Waals surface area contributed by atoms with E-state index in [1.807, 2.05) is 24.9 Å². The summed E-state index contributed by atoms with van der Waals surface area (Å²) >= 11 is 0. The fraction of sp³-hybridized carbons (Fsp3) is 0.562. The first-order valence-electron chi connectivity index (χ1n) is 7.63. The second kappa shape index (κ2) is 6.80. The van der Waals surface area contributed by atoms with Gasteiger partial charge in [0.25, 0.3) is 5.91 Å². The van der Waals surface area contributed by atoms with Gasteiger partial charge >= 0.3 is 0 Å². The number of benzene rings is 1. The quantitative estimate of drug-likeness (QED) is 0.739. The number of nitrogen functional groups attached to an aromatic ring is 1. The molecule has 1 saturated carbocycles. The summed E-state index contributed by atoms with van der Waals surface area (Å²) in [7, 11) is 1.93. The number of nitrogens with two attached hydrogens (primary N) is 1. The number of anilines is 2. The van der Waals surface area contributed by atoms with Crippen molar-refractivity contribution in [3.63, 3.8) is 0 Å². The van der Waals surface area contributed by atoms with Gasteiger partial charge < -0.3 is 21.1 Å². The number of aliphatic hydroxyl groups is 1. The van der Waals surface area contributed by atoms with Crippen LogP contribution in [0.25, 0.3) is 0 Å². The Morgan fingerprint density at radius 1 is 1.43 bits per heavy atom. The summed E-state index contributed by atoms with van der Waals surface area (Å²) in [5.41, 5.74) is 7.89. The molecule has 1 amide bonds. The highest BCUT2D eigenvalue weighted by atomic mass is 16.3. The summed E-state index contributed by atoms with van der Waals surface area (Å²) in [5.74, 6) is -0.107. The van der Waals surface area contributed by atoms with Gasteiger partial charge in [0.1, 0.15) is 0 Å². The Morgan fingerprint density at radius 2 is 2.14 bits per heavy atom. The standard InChI is InChI=1S/C16H25N3O2/c1-3-18-16(21)12-9-8-11(17)10-14(12)19(2)13-6-4-5-7-15(13)20/h8-10,13,15,20H,3-7,17H2,1-2H3,(H,18,21). The molecular weight excluding hydrogens is 266 g/mol. The number of nitrogens with one attached hydrogen (secondary N) is 1. The molecule has 0 spiro atoms. The molecule has 5 nitrogen and oxygen atoms in total. The van der Waals surface area contributed by atoms with Crippen LogP contribution in [0.15, 0.2) is 18.2 Å². The lowest BCUT2D eigenvalue weighted by Gasteiger charge is -2.37. The van der Waals surface area contributed by atoms with Crippen molar-refractivity contribution in [1.29, 1.82) is 0 Å². The number of carbonyl (C=O) groups is 1. The van der Waals surface area contributed by atoms with E-state index < -0.39 is 0 Å². The molecule has 0 aliphatic heterocycles. The van der Waals surface area contributed by atoms with Crippen molar-refractivity contribution < 1.29 is 9.90 Å². The van der Waals surface area contributed by atoms with Gasteiger partial charge in [-0.15, -0.1) is 0 Å². The molecule has 0 saturated heterocycles. The third kappa shape index (κ3) is 3.47. The summed E-state index contributed by atoms with van der Waals surface area (Å²) in [6.45, 7) is 2.47. The van der Waals surface area contributed by atoms with Gasteiger partial charge in [-0.25, -0.2) is 0 Å². The molecular formula is C16H25N3O2. The summed E-state index contributed by atoms with van der Waals surface area (Å²) in [6.07, 6.45) is 3.55. The summed E-state index contributed by atoms with van der Waals surface area (Å²) < 4.78 is 0. The molecule has 21 heavy (non-hydrogen) atoms. The first kappa shape index (κ1) is 15.6. The van der Waals surface area contributed by atoms with Gasteiger partial charge in [-0.3, -0.25) is 4.79 Å². The molecule has 2 atom stereocenters. The first-order valence-corrected chi connectivity index (χ1v) is 7.63. The lowest BCUT2D eigenvalue weighted by atomic mass is 9.91. The molecule has 1 fully saturated rings. The van der Waals surface area contributed by atoms with Gasteiger partial charge in [0.2, 0.25) is 0 Å². The number of rotatable bonds is 4. The Labute approximate surface area is 126 Å². The molecule has 1 aliphatic rings. The Hall–Kier alpha value is -1.75. The number of hydrogen-bond donors (Lipinski definition) is 3. The molecule has 0 radical (unpaired) electrons. The normalized spacial score (nSPS) is 21.9. The maximum absolute atomic E-state index is 12.2. The summed E-state index contributed by atoms with van der Waals surface area (Å²) in [5, 5.41) is 13.1. The van der Waals surface area contributed by atoms with Gasteiger partial charge in [-0.05, 0) is 38.0 Å². The summed E-state index contributed by atoms with van der Waals surface area (Å²) in [4.78, 5) is 14.2. The van der Waals surface area contributed by atoms with Crippen LogP contribution in [0.1, 0.15) is 43.0 Å². The Morgan fingerprint density at radius 3 is 2.81 bits per heavy atom. The second-order valence-corrected chi connectivity index (χ2v) is 5.67. The third-order valence-corrected chi connectivity index (χ3v) is 4.18. The molecule has 4 N–H and O–H groups in total. The van der Waals surface area contributed by atoms with E-state index in [2.05, 4.69) is 5.32 Å². The highest BCUT2D eigenvalue weighted by Gasteiger charge is 2.28. The number of likely N-dealkylation sites (N-methyl/N-ethyl adjacent to an activating group) is 1. The van der Waals surface area contributed by atoms with Gasteiger partial charge in [-0.1, -0.05) is 12.8 Å². The SMILES string of the molecule is CCNC(=O)c1ccc(N)cc1N(C)C1CCCCC1O. The zero-order valence-electron chi connectivity index (χ0n) is 12.8. The number of aliphatic hydroxyl groups excluding tert-OH is 1. The zero-order valence-corrected chi connectivity index (χ0v) is 12.8. The molecule has 5 heteroatoms. The van der Waals surface area contributed by atoms with E-state index in [4.69, 9.17) is 5.73 Å². The van der Waals surface area contributed by atoms with Crippen molar-refractivity contribution >= 4 is 17.3 Å². The Kier molecular flexibility index (Phi) is 5.07. The Bertz CT molecular complexity index is 504. The van der Waals surface area contributed by atoms with Crippen LogP contribution in [0.5, 0.6) is 0 Å². The van der Waals surface area contributed by atoms with Crippen LogP contribution in [0.4, 0.5) is 11.4 Å². The lowest BCUT2D eigenvalue weighted by Crippen LogP contribution is -2.44. The molecule has 2 unspecified atom stereocenters. The average Bonchev–Trinajstić information content (AvgIpc) is 2.47. The van der Waals surface area contributed by atoms with E-state index in [0.29, 0.717) is 17.8 Å². The second-order valence-electron chi connectivity index (χ2n) is 5.67. The molecule has 0 bridgehead atoms. The molecule has 2 rings (SSSR count). The Balaban J connectivity index is 2.32.